The van der Waals surface area contributed by atoms with Crippen LogP contribution in [0.4, 0.5) is 0 Å². The van der Waals surface area contributed by atoms with E-state index in [1.807, 2.05) is 0 Å². The number of benzene rings is 2. The summed E-state index contributed by atoms with van der Waals surface area (Å²) in [5.74, 6) is 0.963. The second-order valence-corrected chi connectivity index (χ2v) is 5.48. The van der Waals surface area contributed by atoms with Crippen molar-refractivity contribution in [1.29, 1.82) is 0 Å². The first-order valence-electron chi connectivity index (χ1n) is 7.64. The Balaban J connectivity index is 1.60. The largest absolute Gasteiger partial charge is 0.484 e. The van der Waals surface area contributed by atoms with Gasteiger partial charge in [-0.15, -0.1) is 10.2 Å². The molecule has 7 heteroatoms. The van der Waals surface area contributed by atoms with Crippen molar-refractivity contribution in [2.24, 2.45) is 0 Å². The van der Waals surface area contributed by atoms with Gasteiger partial charge in [-0.3, -0.25) is 0 Å². The van der Waals surface area contributed by atoms with Gasteiger partial charge in [-0.05, 0) is 55.5 Å². The van der Waals surface area contributed by atoms with Gasteiger partial charge in [0.05, 0.1) is 12.2 Å². The number of carbonyl (C=O) groups excluding carboxylic acids is 1. The zero-order valence-electron chi connectivity index (χ0n) is 13.4. The molecule has 128 valence electrons. The molecule has 0 amide bonds. The van der Waals surface area contributed by atoms with E-state index in [1.54, 1.807) is 55.5 Å². The number of nitrogens with zero attached hydrogens (tertiary/aromatic N) is 2. The van der Waals surface area contributed by atoms with Crippen LogP contribution in [0.3, 0.4) is 0 Å². The Hall–Kier alpha value is -2.86. The molecule has 0 atom stereocenters. The highest BCUT2D eigenvalue weighted by atomic mass is 35.5. The second-order valence-electron chi connectivity index (χ2n) is 5.04. The van der Waals surface area contributed by atoms with Gasteiger partial charge in [-0.25, -0.2) is 4.79 Å². The van der Waals surface area contributed by atoms with Crippen molar-refractivity contribution in [2.45, 2.75) is 13.5 Å². The van der Waals surface area contributed by atoms with Crippen LogP contribution in [0.15, 0.2) is 52.9 Å². The lowest BCUT2D eigenvalue weighted by Crippen LogP contribution is -2.04. The Labute approximate surface area is 149 Å². The molecule has 0 radical (unpaired) electrons. The van der Waals surface area contributed by atoms with E-state index in [-0.39, 0.29) is 12.6 Å². The Morgan fingerprint density at radius 3 is 2.48 bits per heavy atom. The molecule has 2 aromatic carbocycles. The summed E-state index contributed by atoms with van der Waals surface area (Å²) in [5, 5.41) is 8.57. The Kier molecular flexibility index (Phi) is 5.30. The average molecular weight is 359 g/mol. The summed E-state index contributed by atoms with van der Waals surface area (Å²) >= 11 is 5.85. The number of halogens is 1. The number of carbonyl (C=O) groups is 1. The van der Waals surface area contributed by atoms with Crippen LogP contribution in [-0.4, -0.2) is 22.8 Å². The fraction of sp³-hybridized carbons (Fsp3) is 0.167. The van der Waals surface area contributed by atoms with Crippen molar-refractivity contribution in [1.82, 2.24) is 10.2 Å². The number of hydrogen-bond donors (Lipinski definition) is 0. The van der Waals surface area contributed by atoms with Crippen LogP contribution in [0.5, 0.6) is 5.75 Å². The third kappa shape index (κ3) is 4.36. The summed E-state index contributed by atoms with van der Waals surface area (Å²) < 4.78 is 16.1. The van der Waals surface area contributed by atoms with Crippen molar-refractivity contribution in [3.63, 3.8) is 0 Å². The van der Waals surface area contributed by atoms with Gasteiger partial charge in [0, 0.05) is 10.6 Å². The molecular weight excluding hydrogens is 344 g/mol. The fourth-order valence-corrected chi connectivity index (χ4v) is 2.19. The topological polar surface area (TPSA) is 74.5 Å². The van der Waals surface area contributed by atoms with Gasteiger partial charge in [0.1, 0.15) is 5.75 Å². The third-order valence-corrected chi connectivity index (χ3v) is 3.54. The van der Waals surface area contributed by atoms with Gasteiger partial charge in [0.2, 0.25) is 5.89 Å². The van der Waals surface area contributed by atoms with E-state index >= 15 is 0 Å². The first-order valence-corrected chi connectivity index (χ1v) is 8.02. The zero-order chi connectivity index (χ0) is 17.6. The standard InChI is InChI=1S/C18H15ClN2O4/c1-2-23-18(22)13-5-9-15(10-6-13)24-11-16-20-21-17(25-16)12-3-7-14(19)8-4-12/h3-10H,2,11H2,1H3. The summed E-state index contributed by atoms with van der Waals surface area (Å²) in [6.07, 6.45) is 0. The Bertz CT molecular complexity index is 844. The summed E-state index contributed by atoms with van der Waals surface area (Å²) in [7, 11) is 0. The number of rotatable bonds is 6. The van der Waals surface area contributed by atoms with E-state index < -0.39 is 0 Å². The summed E-state index contributed by atoms with van der Waals surface area (Å²) in [6.45, 7) is 2.22. The van der Waals surface area contributed by atoms with Crippen molar-refractivity contribution in [2.75, 3.05) is 6.61 Å². The number of ether oxygens (including phenoxy) is 2. The summed E-state index contributed by atoms with van der Waals surface area (Å²) in [5.41, 5.74) is 1.25. The van der Waals surface area contributed by atoms with Crippen molar-refractivity contribution >= 4 is 17.6 Å². The van der Waals surface area contributed by atoms with E-state index in [2.05, 4.69) is 10.2 Å². The molecule has 25 heavy (non-hydrogen) atoms. The first-order chi connectivity index (χ1) is 12.2. The minimum atomic E-state index is -0.362. The van der Waals surface area contributed by atoms with Crippen LogP contribution in [-0.2, 0) is 11.3 Å². The molecule has 0 saturated carbocycles. The Morgan fingerprint density at radius 2 is 1.80 bits per heavy atom. The van der Waals surface area contributed by atoms with E-state index in [1.165, 1.54) is 0 Å². The van der Waals surface area contributed by atoms with Crippen molar-refractivity contribution < 1.29 is 18.7 Å². The van der Waals surface area contributed by atoms with Crippen LogP contribution in [0.25, 0.3) is 11.5 Å². The highest BCUT2D eigenvalue weighted by molar-refractivity contribution is 6.30. The molecule has 0 aliphatic heterocycles. The number of esters is 1. The van der Waals surface area contributed by atoms with Gasteiger partial charge in [0.25, 0.3) is 5.89 Å². The van der Waals surface area contributed by atoms with Gasteiger partial charge in [-0.1, -0.05) is 11.6 Å². The third-order valence-electron chi connectivity index (χ3n) is 3.29. The van der Waals surface area contributed by atoms with Gasteiger partial charge in [-0.2, -0.15) is 0 Å². The van der Waals surface area contributed by atoms with Crippen LogP contribution in [0.1, 0.15) is 23.2 Å². The van der Waals surface area contributed by atoms with Gasteiger partial charge in [0.15, 0.2) is 6.61 Å². The van der Waals surface area contributed by atoms with E-state index in [0.29, 0.717) is 34.7 Å². The molecule has 0 fully saturated rings. The summed E-state index contributed by atoms with van der Waals surface area (Å²) in [6, 6.07) is 13.7. The lowest BCUT2D eigenvalue weighted by molar-refractivity contribution is 0.0526. The number of hydrogen-bond acceptors (Lipinski definition) is 6. The highest BCUT2D eigenvalue weighted by Gasteiger charge is 2.10. The smallest absolute Gasteiger partial charge is 0.338 e. The lowest BCUT2D eigenvalue weighted by Gasteiger charge is -2.05. The maximum absolute atomic E-state index is 11.6. The highest BCUT2D eigenvalue weighted by Crippen LogP contribution is 2.21. The molecule has 0 unspecified atom stereocenters. The minimum absolute atomic E-state index is 0.124. The second kappa shape index (κ2) is 7.81. The van der Waals surface area contributed by atoms with E-state index in [0.717, 1.165) is 5.56 Å². The SMILES string of the molecule is CCOC(=O)c1ccc(OCc2nnc(-c3ccc(Cl)cc3)o2)cc1. The van der Waals surface area contributed by atoms with Crippen LogP contribution in [0, 0.1) is 0 Å². The average Bonchev–Trinajstić information content (AvgIpc) is 3.10. The molecule has 3 aromatic rings. The van der Waals surface area contributed by atoms with Crippen LogP contribution < -0.4 is 4.74 Å². The minimum Gasteiger partial charge on any atom is -0.484 e. The maximum Gasteiger partial charge on any atom is 0.338 e. The normalized spacial score (nSPS) is 10.5. The predicted octanol–water partition coefficient (Wildman–Crippen LogP) is 4.15. The van der Waals surface area contributed by atoms with E-state index in [9.17, 15) is 4.79 Å². The lowest BCUT2D eigenvalue weighted by atomic mass is 10.2. The fourth-order valence-electron chi connectivity index (χ4n) is 2.07. The maximum atomic E-state index is 11.6. The first kappa shape index (κ1) is 17.0. The predicted molar refractivity (Wildman–Crippen MR) is 91.5 cm³/mol. The van der Waals surface area contributed by atoms with Crippen LogP contribution in [0.2, 0.25) is 5.02 Å². The van der Waals surface area contributed by atoms with Gasteiger partial charge < -0.3 is 13.9 Å². The molecule has 1 heterocycles. The zero-order valence-corrected chi connectivity index (χ0v) is 14.2. The molecule has 0 aliphatic carbocycles. The molecule has 0 aliphatic rings. The molecule has 6 nitrogen and oxygen atoms in total. The van der Waals surface area contributed by atoms with Crippen LogP contribution >= 0.6 is 11.6 Å². The van der Waals surface area contributed by atoms with E-state index in [4.69, 9.17) is 25.5 Å². The molecule has 0 N–H and O–H groups in total. The molecular formula is C18H15ClN2O4. The summed E-state index contributed by atoms with van der Waals surface area (Å²) in [4.78, 5) is 11.6. The molecule has 3 rings (SSSR count). The quantitative estimate of drug-likeness (QED) is 0.616. The van der Waals surface area contributed by atoms with Crippen molar-refractivity contribution in [3.05, 3.63) is 65.0 Å². The molecule has 1 aromatic heterocycles. The number of aromatic nitrogens is 2. The van der Waals surface area contributed by atoms with Gasteiger partial charge >= 0.3 is 5.97 Å². The monoisotopic (exact) mass is 358 g/mol. The molecule has 0 bridgehead atoms. The molecule has 0 spiro atoms. The Morgan fingerprint density at radius 1 is 1.08 bits per heavy atom. The molecule has 0 saturated heterocycles. The van der Waals surface area contributed by atoms with Crippen molar-refractivity contribution in [3.8, 4) is 17.2 Å².